The second-order valence-electron chi connectivity index (χ2n) is 8.94. The van der Waals surface area contributed by atoms with Crippen LogP contribution in [0.2, 0.25) is 0 Å². The highest BCUT2D eigenvalue weighted by Gasteiger charge is 2.39. The Morgan fingerprint density at radius 1 is 1.18 bits per heavy atom. The monoisotopic (exact) mass is 621 g/mol. The maximum Gasteiger partial charge on any atom is 0.422 e. The van der Waals surface area contributed by atoms with Crippen LogP contribution in [-0.4, -0.2) is 58.8 Å². The van der Waals surface area contributed by atoms with Crippen molar-refractivity contribution in [1.29, 1.82) is 0 Å². The number of piperidine rings is 1. The molecule has 40 heavy (non-hydrogen) atoms. The van der Waals surface area contributed by atoms with Crippen LogP contribution < -0.4 is 9.88 Å². The molecule has 2 heterocycles. The lowest BCUT2D eigenvalue weighted by atomic mass is 9.90. The standard InChI is InChI=1S/C22H22F7N3O6S2/c23-17-9-14(40(30,36)37)1-2-15(17)18(39(34)35)7-12-3-5-32(6-4-12)20(33)13-8-16(22(27,28)29)19(31-10-13)38-11-21(24,25)26/h1-2,8-10,12,18H,3-7,11H2,(H,34,35)(H2,30,36,37). The highest BCUT2D eigenvalue weighted by molar-refractivity contribution is 7.89. The first-order valence-electron chi connectivity index (χ1n) is 11.3. The Morgan fingerprint density at radius 3 is 2.30 bits per heavy atom. The molecule has 1 saturated heterocycles. The number of carbonyl (C=O) groups is 1. The fourth-order valence-electron chi connectivity index (χ4n) is 4.16. The van der Waals surface area contributed by atoms with Gasteiger partial charge in [0.05, 0.1) is 15.7 Å². The van der Waals surface area contributed by atoms with Crippen LogP contribution in [0.4, 0.5) is 30.7 Å². The van der Waals surface area contributed by atoms with Gasteiger partial charge in [0.2, 0.25) is 15.9 Å². The molecular weight excluding hydrogens is 599 g/mol. The van der Waals surface area contributed by atoms with Gasteiger partial charge in [0.1, 0.15) is 11.4 Å². The Balaban J connectivity index is 1.70. The Kier molecular flexibility index (Phi) is 9.47. The molecule has 1 amide bonds. The van der Waals surface area contributed by atoms with Crippen molar-refractivity contribution in [3.63, 3.8) is 0 Å². The summed E-state index contributed by atoms with van der Waals surface area (Å²) in [5.74, 6) is -3.56. The highest BCUT2D eigenvalue weighted by atomic mass is 32.2. The first-order chi connectivity index (χ1) is 18.4. The van der Waals surface area contributed by atoms with Crippen LogP contribution >= 0.6 is 0 Å². The van der Waals surface area contributed by atoms with E-state index in [2.05, 4.69) is 9.72 Å². The van der Waals surface area contributed by atoms with Crippen molar-refractivity contribution in [2.24, 2.45) is 11.1 Å². The molecule has 3 rings (SSSR count). The first kappa shape index (κ1) is 31.7. The molecule has 3 N–H and O–H groups in total. The number of nitrogens with zero attached hydrogens (tertiary/aromatic N) is 2. The second-order valence-corrected chi connectivity index (χ2v) is 11.6. The number of benzene rings is 1. The van der Waals surface area contributed by atoms with Gasteiger partial charge < -0.3 is 14.2 Å². The average molecular weight is 622 g/mol. The van der Waals surface area contributed by atoms with Gasteiger partial charge in [0.25, 0.3) is 5.91 Å². The average Bonchev–Trinajstić information content (AvgIpc) is 2.84. The lowest BCUT2D eigenvalue weighted by molar-refractivity contribution is -0.159. The molecule has 18 heteroatoms. The van der Waals surface area contributed by atoms with E-state index >= 15 is 0 Å². The number of rotatable bonds is 8. The molecule has 1 aromatic carbocycles. The molecule has 1 fully saturated rings. The van der Waals surface area contributed by atoms with Gasteiger partial charge in [0, 0.05) is 24.8 Å². The molecule has 9 nitrogen and oxygen atoms in total. The molecule has 0 spiro atoms. The minimum Gasteiger partial charge on any atom is -0.468 e. The van der Waals surface area contributed by atoms with Crippen LogP contribution in [0.3, 0.4) is 0 Å². The number of nitrogens with two attached hydrogens (primary N) is 1. The van der Waals surface area contributed by atoms with Gasteiger partial charge in [-0.2, -0.15) is 26.3 Å². The Hall–Kier alpha value is -2.83. The van der Waals surface area contributed by atoms with Crippen LogP contribution in [0.15, 0.2) is 35.4 Å². The second kappa shape index (κ2) is 12.0. The fourth-order valence-corrected chi connectivity index (χ4v) is 5.53. The van der Waals surface area contributed by atoms with Crippen molar-refractivity contribution in [2.45, 2.75) is 41.8 Å². The third-order valence-electron chi connectivity index (χ3n) is 6.12. The molecule has 2 unspecified atom stereocenters. The third-order valence-corrected chi connectivity index (χ3v) is 7.96. The van der Waals surface area contributed by atoms with Gasteiger partial charge in [-0.3, -0.25) is 4.79 Å². The normalized spacial score (nSPS) is 17.0. The number of carbonyl (C=O) groups excluding carboxylic acids is 1. The number of hydrogen-bond acceptors (Lipinski definition) is 6. The van der Waals surface area contributed by atoms with E-state index in [-0.39, 0.29) is 43.8 Å². The van der Waals surface area contributed by atoms with Gasteiger partial charge in [-0.1, -0.05) is 6.07 Å². The lowest BCUT2D eigenvalue weighted by Crippen LogP contribution is -2.39. The number of sulfonamides is 1. The van der Waals surface area contributed by atoms with Crippen molar-refractivity contribution in [3.8, 4) is 5.88 Å². The minimum absolute atomic E-state index is 0.00873. The number of halogens is 7. The molecule has 1 aliphatic rings. The van der Waals surface area contributed by atoms with E-state index in [4.69, 9.17) is 5.14 Å². The number of pyridine rings is 1. The molecule has 222 valence electrons. The summed E-state index contributed by atoms with van der Waals surface area (Å²) in [6.45, 7) is -1.99. The van der Waals surface area contributed by atoms with E-state index in [0.717, 1.165) is 12.1 Å². The van der Waals surface area contributed by atoms with Gasteiger partial charge in [-0.25, -0.2) is 27.1 Å². The minimum atomic E-state index is -5.16. The number of amides is 1. The molecule has 2 atom stereocenters. The number of likely N-dealkylation sites (tertiary alicyclic amines) is 1. The zero-order valence-corrected chi connectivity index (χ0v) is 21.8. The van der Waals surface area contributed by atoms with Crippen molar-refractivity contribution in [1.82, 2.24) is 9.88 Å². The molecule has 2 aromatic rings. The summed E-state index contributed by atoms with van der Waals surface area (Å²) in [6, 6.07) is 3.03. The summed E-state index contributed by atoms with van der Waals surface area (Å²) in [4.78, 5) is 16.8. The molecular formula is C22H22F7N3O6S2. The predicted octanol–water partition coefficient (Wildman–Crippen LogP) is 4.03. The van der Waals surface area contributed by atoms with Crippen LogP contribution in [-0.2, 0) is 27.3 Å². The van der Waals surface area contributed by atoms with Crippen LogP contribution in [0, 0.1) is 11.7 Å². The SMILES string of the molecule is NS(=O)(=O)c1ccc(C(CC2CCN(C(=O)c3cnc(OCC(F)(F)F)c(C(F)(F)F)c3)CC2)S(=O)O)c(F)c1. The van der Waals surface area contributed by atoms with Crippen molar-refractivity contribution in [3.05, 3.63) is 53.0 Å². The lowest BCUT2D eigenvalue weighted by Gasteiger charge is -2.33. The van der Waals surface area contributed by atoms with Crippen LogP contribution in [0.5, 0.6) is 5.88 Å². The summed E-state index contributed by atoms with van der Waals surface area (Å²) in [5.41, 5.74) is -2.40. The maximum atomic E-state index is 14.6. The topological polar surface area (TPSA) is 140 Å². The summed E-state index contributed by atoms with van der Waals surface area (Å²) in [5, 5.41) is 3.72. The van der Waals surface area contributed by atoms with Gasteiger partial charge in [-0.05, 0) is 43.4 Å². The number of hydrogen-bond donors (Lipinski definition) is 2. The highest BCUT2D eigenvalue weighted by Crippen LogP contribution is 2.37. The summed E-state index contributed by atoms with van der Waals surface area (Å²) >= 11 is -2.56. The number of alkyl halides is 6. The molecule has 1 aliphatic heterocycles. The van der Waals surface area contributed by atoms with Gasteiger partial charge in [0.15, 0.2) is 17.7 Å². The van der Waals surface area contributed by atoms with Crippen molar-refractivity contribution >= 4 is 27.0 Å². The largest absolute Gasteiger partial charge is 0.468 e. The van der Waals surface area contributed by atoms with E-state index in [0.29, 0.717) is 18.3 Å². The van der Waals surface area contributed by atoms with Crippen LogP contribution in [0.25, 0.3) is 0 Å². The molecule has 0 saturated carbocycles. The van der Waals surface area contributed by atoms with E-state index in [1.54, 1.807) is 0 Å². The Bertz CT molecular complexity index is 1380. The number of primary sulfonamides is 1. The van der Waals surface area contributed by atoms with Crippen molar-refractivity contribution < 1.29 is 57.4 Å². The summed E-state index contributed by atoms with van der Waals surface area (Å²) < 4.78 is 141. The van der Waals surface area contributed by atoms with E-state index in [9.17, 15) is 52.7 Å². The summed E-state index contributed by atoms with van der Waals surface area (Å²) in [6.07, 6.45) is -8.97. The predicted molar refractivity (Wildman–Crippen MR) is 125 cm³/mol. The molecule has 1 aromatic heterocycles. The van der Waals surface area contributed by atoms with E-state index in [1.165, 1.54) is 4.90 Å². The van der Waals surface area contributed by atoms with Crippen LogP contribution in [0.1, 0.15) is 46.0 Å². The van der Waals surface area contributed by atoms with E-state index in [1.807, 2.05) is 0 Å². The van der Waals surface area contributed by atoms with Gasteiger partial charge >= 0.3 is 12.4 Å². The Labute approximate surface area is 225 Å². The molecule has 0 radical (unpaired) electrons. The third kappa shape index (κ3) is 8.11. The number of aromatic nitrogens is 1. The quantitative estimate of drug-likeness (QED) is 0.335. The van der Waals surface area contributed by atoms with E-state index < -0.39 is 78.9 Å². The zero-order chi connectivity index (χ0) is 30.0. The van der Waals surface area contributed by atoms with Gasteiger partial charge in [-0.15, -0.1) is 0 Å². The zero-order valence-electron chi connectivity index (χ0n) is 20.2. The smallest absolute Gasteiger partial charge is 0.422 e. The maximum absolute atomic E-state index is 14.6. The molecule has 0 aliphatic carbocycles. The summed E-state index contributed by atoms with van der Waals surface area (Å²) in [7, 11) is -4.21. The molecule has 0 bridgehead atoms. The van der Waals surface area contributed by atoms with Crippen molar-refractivity contribution in [2.75, 3.05) is 19.7 Å². The Morgan fingerprint density at radius 2 is 1.80 bits per heavy atom. The first-order valence-corrected chi connectivity index (χ1v) is 14.1. The number of ether oxygens (including phenoxy) is 1. The fraction of sp³-hybridized carbons (Fsp3) is 0.455.